The van der Waals surface area contributed by atoms with Gasteiger partial charge in [0.2, 0.25) is 5.91 Å². The molecule has 3 rings (SSSR count). The van der Waals surface area contributed by atoms with Gasteiger partial charge < -0.3 is 5.32 Å². The molecule has 22 heavy (non-hydrogen) atoms. The molecule has 0 saturated carbocycles. The average molecular weight is 318 g/mol. The Bertz CT molecular complexity index is 680. The molecule has 0 aliphatic heterocycles. The fourth-order valence-electron chi connectivity index (χ4n) is 2.86. The Labute approximate surface area is 135 Å². The molecular weight excluding hydrogens is 298 g/mol. The summed E-state index contributed by atoms with van der Waals surface area (Å²) in [6, 6.07) is 7.53. The molecule has 0 bridgehead atoms. The lowest BCUT2D eigenvalue weighted by Crippen LogP contribution is -2.27. The number of hydrogen-bond donors (Lipinski definition) is 1. The van der Waals surface area contributed by atoms with Crippen molar-refractivity contribution in [2.24, 2.45) is 5.92 Å². The lowest BCUT2D eigenvalue weighted by Gasteiger charge is -2.15. The Hall–Kier alpha value is -1.81. The maximum Gasteiger partial charge on any atom is 0.241 e. The third-order valence-corrected chi connectivity index (χ3v) is 4.48. The van der Waals surface area contributed by atoms with Gasteiger partial charge in [-0.25, -0.2) is 0 Å². The Morgan fingerprint density at radius 2 is 2.27 bits per heavy atom. The molecule has 116 valence electrons. The van der Waals surface area contributed by atoms with Crippen LogP contribution in [0.4, 0.5) is 0 Å². The van der Waals surface area contributed by atoms with E-state index in [-0.39, 0.29) is 12.5 Å². The SMILES string of the molecule is CC1CCc2nn(CC(=O)NCc3ccccc3Cl)cc2C1. The van der Waals surface area contributed by atoms with E-state index in [9.17, 15) is 4.79 Å². The zero-order chi connectivity index (χ0) is 15.5. The van der Waals surface area contributed by atoms with Crippen LogP contribution in [0, 0.1) is 5.92 Å². The first kappa shape index (κ1) is 15.1. The number of aryl methyl sites for hydroxylation is 1. The highest BCUT2D eigenvalue weighted by Crippen LogP contribution is 2.23. The minimum absolute atomic E-state index is 0.0483. The molecule has 1 aliphatic rings. The fraction of sp³-hybridized carbons (Fsp3) is 0.412. The number of carbonyl (C=O) groups is 1. The van der Waals surface area contributed by atoms with Gasteiger partial charge in [0, 0.05) is 17.8 Å². The molecule has 1 aliphatic carbocycles. The zero-order valence-corrected chi connectivity index (χ0v) is 13.4. The topological polar surface area (TPSA) is 46.9 Å². The summed E-state index contributed by atoms with van der Waals surface area (Å²) >= 11 is 6.08. The minimum atomic E-state index is -0.0483. The van der Waals surface area contributed by atoms with Crippen molar-refractivity contribution in [2.45, 2.75) is 39.3 Å². The molecular formula is C17H20ClN3O. The number of nitrogens with one attached hydrogen (secondary N) is 1. The number of rotatable bonds is 4. The number of halogens is 1. The van der Waals surface area contributed by atoms with Crippen LogP contribution in [0.15, 0.2) is 30.5 Å². The van der Waals surface area contributed by atoms with Crippen LogP contribution in [-0.2, 0) is 30.7 Å². The molecule has 0 radical (unpaired) electrons. The van der Waals surface area contributed by atoms with Crippen molar-refractivity contribution in [3.8, 4) is 0 Å². The second-order valence-corrected chi connectivity index (χ2v) is 6.42. The van der Waals surface area contributed by atoms with Crippen LogP contribution < -0.4 is 5.32 Å². The molecule has 1 aromatic carbocycles. The molecule has 1 atom stereocenters. The van der Waals surface area contributed by atoms with Gasteiger partial charge in [-0.05, 0) is 42.4 Å². The van der Waals surface area contributed by atoms with Crippen LogP contribution in [0.1, 0.15) is 30.2 Å². The lowest BCUT2D eigenvalue weighted by atomic mass is 9.89. The highest BCUT2D eigenvalue weighted by atomic mass is 35.5. The Morgan fingerprint density at radius 1 is 1.45 bits per heavy atom. The van der Waals surface area contributed by atoms with Crippen molar-refractivity contribution < 1.29 is 4.79 Å². The van der Waals surface area contributed by atoms with E-state index >= 15 is 0 Å². The summed E-state index contributed by atoms with van der Waals surface area (Å²) in [4.78, 5) is 12.1. The third-order valence-electron chi connectivity index (χ3n) is 4.11. The predicted octanol–water partition coefficient (Wildman–Crippen LogP) is 2.98. The summed E-state index contributed by atoms with van der Waals surface area (Å²) in [5, 5.41) is 8.09. The molecule has 1 heterocycles. The molecule has 0 fully saturated rings. The average Bonchev–Trinajstić information content (AvgIpc) is 2.87. The number of benzene rings is 1. The van der Waals surface area contributed by atoms with Gasteiger partial charge in [0.25, 0.3) is 0 Å². The molecule has 0 saturated heterocycles. The largest absolute Gasteiger partial charge is 0.350 e. The normalized spacial score (nSPS) is 17.1. The monoisotopic (exact) mass is 317 g/mol. The number of amides is 1. The van der Waals surface area contributed by atoms with Crippen LogP contribution >= 0.6 is 11.6 Å². The first-order chi connectivity index (χ1) is 10.6. The summed E-state index contributed by atoms with van der Waals surface area (Å²) in [7, 11) is 0. The van der Waals surface area contributed by atoms with E-state index < -0.39 is 0 Å². The van der Waals surface area contributed by atoms with E-state index in [2.05, 4.69) is 17.3 Å². The first-order valence-electron chi connectivity index (χ1n) is 7.67. The molecule has 1 amide bonds. The van der Waals surface area contributed by atoms with Crippen LogP contribution in [0.3, 0.4) is 0 Å². The maximum atomic E-state index is 12.1. The summed E-state index contributed by atoms with van der Waals surface area (Å²) in [5.74, 6) is 0.659. The zero-order valence-electron chi connectivity index (χ0n) is 12.7. The summed E-state index contributed by atoms with van der Waals surface area (Å²) in [6.45, 7) is 2.96. The number of nitrogens with zero attached hydrogens (tertiary/aromatic N) is 2. The summed E-state index contributed by atoms with van der Waals surface area (Å²) < 4.78 is 1.75. The van der Waals surface area contributed by atoms with Crippen LogP contribution in [0.2, 0.25) is 5.02 Å². The van der Waals surface area contributed by atoms with Crippen LogP contribution in [0.5, 0.6) is 0 Å². The van der Waals surface area contributed by atoms with E-state index in [0.29, 0.717) is 17.5 Å². The molecule has 1 unspecified atom stereocenters. The number of fused-ring (bicyclic) bond motifs is 1. The Morgan fingerprint density at radius 3 is 3.09 bits per heavy atom. The molecule has 4 nitrogen and oxygen atoms in total. The van der Waals surface area contributed by atoms with Crippen molar-refractivity contribution >= 4 is 17.5 Å². The van der Waals surface area contributed by atoms with E-state index in [1.165, 1.54) is 12.0 Å². The third kappa shape index (κ3) is 3.50. The van der Waals surface area contributed by atoms with Gasteiger partial charge in [0.05, 0.1) is 5.69 Å². The van der Waals surface area contributed by atoms with E-state index in [1.807, 2.05) is 30.5 Å². The highest BCUT2D eigenvalue weighted by Gasteiger charge is 2.19. The van der Waals surface area contributed by atoms with Crippen molar-refractivity contribution in [3.63, 3.8) is 0 Å². The van der Waals surface area contributed by atoms with Gasteiger partial charge in [-0.2, -0.15) is 5.10 Å². The molecule has 5 heteroatoms. The quantitative estimate of drug-likeness (QED) is 0.942. The second kappa shape index (κ2) is 6.53. The van der Waals surface area contributed by atoms with Gasteiger partial charge in [-0.1, -0.05) is 36.7 Å². The summed E-state index contributed by atoms with van der Waals surface area (Å²) in [5.41, 5.74) is 3.36. The number of hydrogen-bond acceptors (Lipinski definition) is 2. The van der Waals surface area contributed by atoms with Gasteiger partial charge >= 0.3 is 0 Å². The summed E-state index contributed by atoms with van der Waals surface area (Å²) in [6.07, 6.45) is 5.28. The molecule has 1 aromatic heterocycles. The molecule has 0 spiro atoms. The predicted molar refractivity (Wildman–Crippen MR) is 86.7 cm³/mol. The lowest BCUT2D eigenvalue weighted by molar-refractivity contribution is -0.122. The van der Waals surface area contributed by atoms with Crippen molar-refractivity contribution in [2.75, 3.05) is 0 Å². The van der Waals surface area contributed by atoms with Gasteiger partial charge in [0.15, 0.2) is 0 Å². The van der Waals surface area contributed by atoms with Crippen molar-refractivity contribution in [3.05, 3.63) is 52.3 Å². The standard InChI is InChI=1S/C17H20ClN3O/c1-12-6-7-16-14(8-12)10-21(20-16)11-17(22)19-9-13-4-2-3-5-15(13)18/h2-5,10,12H,6-9,11H2,1H3,(H,19,22). The van der Waals surface area contributed by atoms with Gasteiger partial charge in [-0.15, -0.1) is 0 Å². The van der Waals surface area contributed by atoms with E-state index in [4.69, 9.17) is 11.6 Å². The second-order valence-electron chi connectivity index (χ2n) is 6.01. The van der Waals surface area contributed by atoms with Crippen molar-refractivity contribution in [1.82, 2.24) is 15.1 Å². The number of aromatic nitrogens is 2. The van der Waals surface area contributed by atoms with Crippen molar-refractivity contribution in [1.29, 1.82) is 0 Å². The number of carbonyl (C=O) groups excluding carboxylic acids is 1. The Kier molecular flexibility index (Phi) is 4.48. The minimum Gasteiger partial charge on any atom is -0.350 e. The highest BCUT2D eigenvalue weighted by molar-refractivity contribution is 6.31. The molecule has 1 N–H and O–H groups in total. The van der Waals surface area contributed by atoms with E-state index in [0.717, 1.165) is 24.1 Å². The maximum absolute atomic E-state index is 12.1. The van der Waals surface area contributed by atoms with E-state index in [1.54, 1.807) is 4.68 Å². The van der Waals surface area contributed by atoms with Crippen LogP contribution in [0.25, 0.3) is 0 Å². The van der Waals surface area contributed by atoms with Crippen LogP contribution in [-0.4, -0.2) is 15.7 Å². The fourth-order valence-corrected chi connectivity index (χ4v) is 3.07. The first-order valence-corrected chi connectivity index (χ1v) is 8.05. The smallest absolute Gasteiger partial charge is 0.241 e. The molecule has 2 aromatic rings. The van der Waals surface area contributed by atoms with Gasteiger partial charge in [0.1, 0.15) is 6.54 Å². The van der Waals surface area contributed by atoms with Gasteiger partial charge in [-0.3, -0.25) is 9.48 Å². The Balaban J connectivity index is 1.57.